The van der Waals surface area contributed by atoms with Crippen LogP contribution in [-0.4, -0.2) is 28.6 Å². The molecule has 1 heterocycles. The van der Waals surface area contributed by atoms with Crippen LogP contribution in [0.4, 0.5) is 0 Å². The Labute approximate surface area is 84.2 Å². The number of ether oxygens (including phenoxy) is 1. The summed E-state index contributed by atoms with van der Waals surface area (Å²) in [6.45, 7) is 4.15. The molecular formula is C9H18N4O. The molecule has 2 N–H and O–H groups in total. The Bertz CT molecular complexity index is 248. The Morgan fingerprint density at radius 3 is 2.86 bits per heavy atom. The van der Waals surface area contributed by atoms with Gasteiger partial charge in [-0.3, -0.25) is 0 Å². The number of rotatable bonds is 6. The number of aromatic nitrogens is 3. The molecule has 0 amide bonds. The van der Waals surface area contributed by atoms with Crippen molar-refractivity contribution >= 4 is 0 Å². The monoisotopic (exact) mass is 198 g/mol. The molecule has 0 fully saturated rings. The van der Waals surface area contributed by atoms with E-state index in [1.807, 2.05) is 4.68 Å². The van der Waals surface area contributed by atoms with E-state index in [2.05, 4.69) is 17.2 Å². The predicted octanol–water partition coefficient (Wildman–Crippen LogP) is 0.336. The van der Waals surface area contributed by atoms with Crippen molar-refractivity contribution in [2.45, 2.75) is 32.9 Å². The minimum Gasteiger partial charge on any atom is -0.378 e. The SMILES string of the molecule is CCCn1nnc(CCN)c1COC. The van der Waals surface area contributed by atoms with E-state index < -0.39 is 0 Å². The molecule has 0 saturated heterocycles. The van der Waals surface area contributed by atoms with Crippen molar-refractivity contribution in [1.29, 1.82) is 0 Å². The van der Waals surface area contributed by atoms with Gasteiger partial charge in [-0.05, 0) is 13.0 Å². The fraction of sp³-hybridized carbons (Fsp3) is 0.778. The maximum Gasteiger partial charge on any atom is 0.0900 e. The van der Waals surface area contributed by atoms with E-state index in [9.17, 15) is 0 Å². The second kappa shape index (κ2) is 5.72. The van der Waals surface area contributed by atoms with Crippen molar-refractivity contribution in [1.82, 2.24) is 15.0 Å². The van der Waals surface area contributed by atoms with Crippen molar-refractivity contribution in [3.05, 3.63) is 11.4 Å². The first kappa shape index (κ1) is 11.1. The van der Waals surface area contributed by atoms with Crippen LogP contribution in [0.5, 0.6) is 0 Å². The number of methoxy groups -OCH3 is 1. The molecule has 1 aromatic rings. The summed E-state index contributed by atoms with van der Waals surface area (Å²) in [5.74, 6) is 0. The number of hydrogen-bond acceptors (Lipinski definition) is 4. The molecule has 0 aromatic carbocycles. The molecule has 0 bridgehead atoms. The first-order valence-electron chi connectivity index (χ1n) is 4.93. The molecule has 5 heteroatoms. The molecule has 0 radical (unpaired) electrons. The molecule has 0 saturated carbocycles. The number of nitrogens with two attached hydrogens (primary N) is 1. The van der Waals surface area contributed by atoms with Crippen LogP contribution in [0.15, 0.2) is 0 Å². The lowest BCUT2D eigenvalue weighted by atomic mass is 10.2. The average molecular weight is 198 g/mol. The lowest BCUT2D eigenvalue weighted by Crippen LogP contribution is -2.09. The third kappa shape index (κ3) is 2.52. The first-order chi connectivity index (χ1) is 6.83. The van der Waals surface area contributed by atoms with E-state index in [1.165, 1.54) is 0 Å². The minimum absolute atomic E-state index is 0.558. The lowest BCUT2D eigenvalue weighted by molar-refractivity contribution is 0.175. The summed E-state index contributed by atoms with van der Waals surface area (Å²) in [4.78, 5) is 0. The molecule has 0 unspecified atom stereocenters. The van der Waals surface area contributed by atoms with E-state index in [0.717, 1.165) is 30.8 Å². The van der Waals surface area contributed by atoms with Crippen molar-refractivity contribution < 1.29 is 4.74 Å². The predicted molar refractivity (Wildman–Crippen MR) is 53.8 cm³/mol. The molecule has 5 nitrogen and oxygen atoms in total. The Balaban J connectivity index is 2.82. The maximum atomic E-state index is 5.49. The summed E-state index contributed by atoms with van der Waals surface area (Å²) in [5, 5.41) is 8.17. The first-order valence-corrected chi connectivity index (χ1v) is 4.93. The third-order valence-electron chi connectivity index (χ3n) is 2.02. The second-order valence-electron chi connectivity index (χ2n) is 3.18. The van der Waals surface area contributed by atoms with Gasteiger partial charge in [0.15, 0.2) is 0 Å². The molecule has 0 atom stereocenters. The van der Waals surface area contributed by atoms with Gasteiger partial charge in [0.25, 0.3) is 0 Å². The summed E-state index contributed by atoms with van der Waals surface area (Å²) in [6, 6.07) is 0. The summed E-state index contributed by atoms with van der Waals surface area (Å²) in [7, 11) is 1.68. The van der Waals surface area contributed by atoms with Gasteiger partial charge in [-0.2, -0.15) is 0 Å². The van der Waals surface area contributed by atoms with E-state index in [1.54, 1.807) is 7.11 Å². The largest absolute Gasteiger partial charge is 0.378 e. The smallest absolute Gasteiger partial charge is 0.0900 e. The van der Waals surface area contributed by atoms with Crippen molar-refractivity contribution in [2.24, 2.45) is 5.73 Å². The fourth-order valence-electron chi connectivity index (χ4n) is 1.39. The fourth-order valence-corrected chi connectivity index (χ4v) is 1.39. The highest BCUT2D eigenvalue weighted by Gasteiger charge is 2.10. The van der Waals surface area contributed by atoms with Gasteiger partial charge in [0.05, 0.1) is 18.0 Å². The Hall–Kier alpha value is -0.940. The van der Waals surface area contributed by atoms with Gasteiger partial charge in [0, 0.05) is 20.1 Å². The van der Waals surface area contributed by atoms with Gasteiger partial charge in [0.1, 0.15) is 0 Å². The van der Waals surface area contributed by atoms with Gasteiger partial charge in [-0.1, -0.05) is 12.1 Å². The zero-order valence-electron chi connectivity index (χ0n) is 8.86. The molecule has 14 heavy (non-hydrogen) atoms. The van der Waals surface area contributed by atoms with Crippen LogP contribution in [0.2, 0.25) is 0 Å². The van der Waals surface area contributed by atoms with Gasteiger partial charge < -0.3 is 10.5 Å². The molecule has 0 aliphatic carbocycles. The van der Waals surface area contributed by atoms with Crippen LogP contribution in [0.3, 0.4) is 0 Å². The quantitative estimate of drug-likeness (QED) is 0.715. The van der Waals surface area contributed by atoms with Crippen LogP contribution in [0.1, 0.15) is 24.7 Å². The highest BCUT2D eigenvalue weighted by Crippen LogP contribution is 2.07. The van der Waals surface area contributed by atoms with E-state index >= 15 is 0 Å². The highest BCUT2D eigenvalue weighted by molar-refractivity contribution is 5.09. The molecule has 1 aromatic heterocycles. The molecule has 0 aliphatic heterocycles. The van der Waals surface area contributed by atoms with Gasteiger partial charge in [0.2, 0.25) is 0 Å². The van der Waals surface area contributed by atoms with Crippen LogP contribution < -0.4 is 5.73 Å². The zero-order chi connectivity index (χ0) is 10.4. The number of nitrogens with zero attached hydrogens (tertiary/aromatic N) is 3. The molecule has 0 spiro atoms. The summed E-state index contributed by atoms with van der Waals surface area (Å²) >= 11 is 0. The zero-order valence-corrected chi connectivity index (χ0v) is 8.86. The van der Waals surface area contributed by atoms with E-state index in [-0.39, 0.29) is 0 Å². The van der Waals surface area contributed by atoms with Gasteiger partial charge in [-0.25, -0.2) is 4.68 Å². The molecule has 1 rings (SSSR count). The van der Waals surface area contributed by atoms with Crippen molar-refractivity contribution in [2.75, 3.05) is 13.7 Å². The Kier molecular flexibility index (Phi) is 4.55. The van der Waals surface area contributed by atoms with E-state index in [0.29, 0.717) is 13.2 Å². The van der Waals surface area contributed by atoms with Crippen molar-refractivity contribution in [3.63, 3.8) is 0 Å². The average Bonchev–Trinajstić information content (AvgIpc) is 2.52. The summed E-state index contributed by atoms with van der Waals surface area (Å²) in [5.41, 5.74) is 7.51. The lowest BCUT2D eigenvalue weighted by Gasteiger charge is -2.05. The third-order valence-corrected chi connectivity index (χ3v) is 2.02. The van der Waals surface area contributed by atoms with Crippen LogP contribution >= 0.6 is 0 Å². The van der Waals surface area contributed by atoms with Crippen LogP contribution in [0, 0.1) is 0 Å². The van der Waals surface area contributed by atoms with Gasteiger partial charge >= 0.3 is 0 Å². The minimum atomic E-state index is 0.558. The van der Waals surface area contributed by atoms with Gasteiger partial charge in [-0.15, -0.1) is 5.10 Å². The summed E-state index contributed by atoms with van der Waals surface area (Å²) < 4.78 is 7.02. The molecule has 0 aliphatic rings. The van der Waals surface area contributed by atoms with Crippen LogP contribution in [-0.2, 0) is 24.3 Å². The Morgan fingerprint density at radius 2 is 2.29 bits per heavy atom. The highest BCUT2D eigenvalue weighted by atomic mass is 16.5. The number of aryl methyl sites for hydroxylation is 1. The maximum absolute atomic E-state index is 5.49. The van der Waals surface area contributed by atoms with Crippen molar-refractivity contribution in [3.8, 4) is 0 Å². The standard InChI is InChI=1S/C9H18N4O/c1-3-6-13-9(7-14-2)8(4-5-10)11-12-13/h3-7,10H2,1-2H3. The topological polar surface area (TPSA) is 66.0 Å². The second-order valence-corrected chi connectivity index (χ2v) is 3.18. The summed E-state index contributed by atoms with van der Waals surface area (Å²) in [6.07, 6.45) is 1.81. The van der Waals surface area contributed by atoms with Crippen LogP contribution in [0.25, 0.3) is 0 Å². The molecular weight excluding hydrogens is 180 g/mol. The number of hydrogen-bond donors (Lipinski definition) is 1. The van der Waals surface area contributed by atoms with E-state index in [4.69, 9.17) is 10.5 Å². The normalized spacial score (nSPS) is 10.8. The Morgan fingerprint density at radius 1 is 1.50 bits per heavy atom. The molecule has 80 valence electrons.